The van der Waals surface area contributed by atoms with Crippen molar-refractivity contribution in [1.29, 1.82) is 0 Å². The number of hydrazone groups is 1. The molecule has 0 atom stereocenters. The third kappa shape index (κ3) is 4.25. The highest BCUT2D eigenvalue weighted by molar-refractivity contribution is 5.80. The third-order valence-corrected chi connectivity index (χ3v) is 3.75. The van der Waals surface area contributed by atoms with Gasteiger partial charge in [0.05, 0.1) is 6.21 Å². The summed E-state index contributed by atoms with van der Waals surface area (Å²) in [5.41, 5.74) is 3.60. The first-order chi connectivity index (χ1) is 11.2. The van der Waals surface area contributed by atoms with E-state index in [9.17, 15) is 4.39 Å². The van der Waals surface area contributed by atoms with Crippen LogP contribution in [0.15, 0.2) is 35.4 Å². The van der Waals surface area contributed by atoms with Crippen LogP contribution in [0.2, 0.25) is 0 Å². The van der Waals surface area contributed by atoms with Crippen LogP contribution < -0.4 is 10.3 Å². The third-order valence-electron chi connectivity index (χ3n) is 3.75. The molecule has 0 amide bonds. The second-order valence-electron chi connectivity index (χ2n) is 5.63. The molecule has 6 heteroatoms. The molecule has 0 radical (unpaired) electrons. The van der Waals surface area contributed by atoms with Crippen molar-refractivity contribution in [2.75, 3.05) is 23.4 Å². The van der Waals surface area contributed by atoms with E-state index in [1.165, 1.54) is 31.4 Å². The Morgan fingerprint density at radius 3 is 2.78 bits per heavy atom. The number of nitrogens with one attached hydrogen (secondary N) is 1. The van der Waals surface area contributed by atoms with Crippen LogP contribution >= 0.6 is 0 Å². The Hall–Kier alpha value is -2.50. The number of rotatable bonds is 4. The van der Waals surface area contributed by atoms with E-state index >= 15 is 0 Å². The van der Waals surface area contributed by atoms with E-state index < -0.39 is 0 Å². The van der Waals surface area contributed by atoms with Crippen molar-refractivity contribution in [2.45, 2.75) is 26.2 Å². The molecule has 1 saturated heterocycles. The number of halogens is 1. The van der Waals surface area contributed by atoms with Gasteiger partial charge in [-0.15, -0.1) is 0 Å². The van der Waals surface area contributed by atoms with Gasteiger partial charge in [-0.3, -0.25) is 5.43 Å². The lowest BCUT2D eigenvalue weighted by Crippen LogP contribution is -2.30. The monoisotopic (exact) mass is 313 g/mol. The van der Waals surface area contributed by atoms with Gasteiger partial charge in [-0.25, -0.2) is 14.4 Å². The second kappa shape index (κ2) is 7.17. The molecule has 23 heavy (non-hydrogen) atoms. The number of hydrogen-bond acceptors (Lipinski definition) is 5. The van der Waals surface area contributed by atoms with E-state index in [1.807, 2.05) is 13.0 Å². The summed E-state index contributed by atoms with van der Waals surface area (Å²) < 4.78 is 13.1. The Kier molecular flexibility index (Phi) is 4.80. The topological polar surface area (TPSA) is 53.4 Å². The van der Waals surface area contributed by atoms with Crippen LogP contribution in [0.5, 0.6) is 0 Å². The van der Waals surface area contributed by atoms with Gasteiger partial charge in [0.15, 0.2) is 5.82 Å². The number of hydrogen-bond donors (Lipinski definition) is 1. The molecule has 2 aromatic rings. The minimum atomic E-state index is -0.279. The minimum absolute atomic E-state index is 0.279. The highest BCUT2D eigenvalue weighted by Crippen LogP contribution is 2.20. The lowest BCUT2D eigenvalue weighted by atomic mass is 10.1. The van der Waals surface area contributed by atoms with Gasteiger partial charge in [0.25, 0.3) is 0 Å². The van der Waals surface area contributed by atoms with Crippen LogP contribution in [0.3, 0.4) is 0 Å². The van der Waals surface area contributed by atoms with Gasteiger partial charge in [-0.1, -0.05) is 12.1 Å². The Balaban J connectivity index is 1.71. The van der Waals surface area contributed by atoms with Crippen molar-refractivity contribution in [2.24, 2.45) is 5.10 Å². The van der Waals surface area contributed by atoms with Crippen molar-refractivity contribution >= 4 is 17.9 Å². The fourth-order valence-electron chi connectivity index (χ4n) is 2.65. The molecular weight excluding hydrogens is 293 g/mol. The van der Waals surface area contributed by atoms with Crippen LogP contribution in [-0.4, -0.2) is 29.3 Å². The number of anilines is 2. The van der Waals surface area contributed by atoms with Gasteiger partial charge < -0.3 is 4.90 Å². The van der Waals surface area contributed by atoms with Crippen LogP contribution in [0, 0.1) is 12.7 Å². The SMILES string of the molecule is Cc1nc(N/N=C/c2cccc(F)c2)cc(N2CCCCC2)n1. The standard InChI is InChI=1S/C17H20FN5/c1-13-20-16(11-17(21-13)23-8-3-2-4-9-23)22-19-12-14-6-5-7-15(18)10-14/h5-7,10-12H,2-4,8-9H2,1H3,(H,20,21,22)/b19-12+. The summed E-state index contributed by atoms with van der Waals surface area (Å²) in [6.07, 6.45) is 5.25. The number of aryl methyl sites for hydroxylation is 1. The van der Waals surface area contributed by atoms with Crippen LogP contribution in [0.1, 0.15) is 30.7 Å². The minimum Gasteiger partial charge on any atom is -0.356 e. The van der Waals surface area contributed by atoms with Gasteiger partial charge in [-0.05, 0) is 43.9 Å². The van der Waals surface area contributed by atoms with Crippen molar-refractivity contribution in [3.8, 4) is 0 Å². The van der Waals surface area contributed by atoms with Gasteiger partial charge in [0.2, 0.25) is 0 Å². The van der Waals surface area contributed by atoms with Crippen LogP contribution in [0.4, 0.5) is 16.0 Å². The van der Waals surface area contributed by atoms with Gasteiger partial charge in [-0.2, -0.15) is 5.10 Å². The molecule has 1 aromatic heterocycles. The first kappa shape index (κ1) is 15.4. The molecule has 1 aliphatic rings. The number of benzene rings is 1. The molecule has 1 fully saturated rings. The van der Waals surface area contributed by atoms with Crippen molar-refractivity contribution in [1.82, 2.24) is 9.97 Å². The summed E-state index contributed by atoms with van der Waals surface area (Å²) >= 11 is 0. The van der Waals surface area contributed by atoms with Crippen LogP contribution in [-0.2, 0) is 0 Å². The molecular formula is C17H20FN5. The summed E-state index contributed by atoms with van der Waals surface area (Å²) in [5, 5.41) is 4.13. The smallest absolute Gasteiger partial charge is 0.152 e. The zero-order chi connectivity index (χ0) is 16.1. The molecule has 0 saturated carbocycles. The first-order valence-electron chi connectivity index (χ1n) is 7.86. The predicted molar refractivity (Wildman–Crippen MR) is 90.4 cm³/mol. The molecule has 1 N–H and O–H groups in total. The molecule has 3 rings (SSSR count). The zero-order valence-electron chi connectivity index (χ0n) is 13.2. The number of piperidine rings is 1. The Bertz CT molecular complexity index is 695. The summed E-state index contributed by atoms with van der Waals surface area (Å²) in [7, 11) is 0. The van der Waals surface area contributed by atoms with E-state index in [4.69, 9.17) is 0 Å². The molecule has 5 nitrogen and oxygen atoms in total. The molecule has 0 aliphatic carbocycles. The Labute approximate surface area is 135 Å². The summed E-state index contributed by atoms with van der Waals surface area (Å²) in [5.74, 6) is 2.00. The fourth-order valence-corrected chi connectivity index (χ4v) is 2.65. The van der Waals surface area contributed by atoms with Crippen molar-refractivity contribution in [3.05, 3.63) is 47.5 Å². The normalized spacial score (nSPS) is 15.1. The molecule has 0 unspecified atom stereocenters. The van der Waals surface area contributed by atoms with E-state index in [1.54, 1.807) is 18.3 Å². The van der Waals surface area contributed by atoms with Crippen LogP contribution in [0.25, 0.3) is 0 Å². The Morgan fingerprint density at radius 1 is 1.17 bits per heavy atom. The number of nitrogens with zero attached hydrogens (tertiary/aromatic N) is 4. The molecule has 0 spiro atoms. The summed E-state index contributed by atoms with van der Waals surface area (Å²) in [6.45, 7) is 3.93. The van der Waals surface area contributed by atoms with Gasteiger partial charge in [0.1, 0.15) is 17.5 Å². The van der Waals surface area contributed by atoms with E-state index in [0.717, 1.165) is 18.9 Å². The maximum atomic E-state index is 13.1. The maximum Gasteiger partial charge on any atom is 0.152 e. The van der Waals surface area contributed by atoms with Gasteiger partial charge in [0, 0.05) is 19.2 Å². The van der Waals surface area contributed by atoms with E-state index in [2.05, 4.69) is 25.4 Å². The van der Waals surface area contributed by atoms with Gasteiger partial charge >= 0.3 is 0 Å². The lowest BCUT2D eigenvalue weighted by Gasteiger charge is -2.27. The molecule has 1 aliphatic heterocycles. The lowest BCUT2D eigenvalue weighted by molar-refractivity contribution is 0.572. The average Bonchev–Trinajstić information content (AvgIpc) is 2.55. The van der Waals surface area contributed by atoms with E-state index in [0.29, 0.717) is 17.2 Å². The summed E-state index contributed by atoms with van der Waals surface area (Å²) in [4.78, 5) is 11.1. The summed E-state index contributed by atoms with van der Waals surface area (Å²) in [6, 6.07) is 8.18. The molecule has 120 valence electrons. The highest BCUT2D eigenvalue weighted by Gasteiger charge is 2.13. The second-order valence-corrected chi connectivity index (χ2v) is 5.63. The van der Waals surface area contributed by atoms with Crippen molar-refractivity contribution in [3.63, 3.8) is 0 Å². The molecule has 1 aromatic carbocycles. The quantitative estimate of drug-likeness (QED) is 0.694. The average molecular weight is 313 g/mol. The number of aromatic nitrogens is 2. The fraction of sp³-hybridized carbons (Fsp3) is 0.353. The maximum absolute atomic E-state index is 13.1. The predicted octanol–water partition coefficient (Wildman–Crippen LogP) is 3.36. The first-order valence-corrected chi connectivity index (χ1v) is 7.86. The van der Waals surface area contributed by atoms with E-state index in [-0.39, 0.29) is 5.82 Å². The van der Waals surface area contributed by atoms with Crippen molar-refractivity contribution < 1.29 is 4.39 Å². The highest BCUT2D eigenvalue weighted by atomic mass is 19.1. The largest absolute Gasteiger partial charge is 0.356 e. The molecule has 0 bridgehead atoms. The molecule has 2 heterocycles. The zero-order valence-corrected chi connectivity index (χ0v) is 13.2. The Morgan fingerprint density at radius 2 is 2.00 bits per heavy atom.